The summed E-state index contributed by atoms with van der Waals surface area (Å²) >= 11 is 0. The molecule has 162 valence electrons. The summed E-state index contributed by atoms with van der Waals surface area (Å²) in [5.74, 6) is -2.22. The fraction of sp³-hybridized carbons (Fsp3) is 0.318. The van der Waals surface area contributed by atoms with Crippen molar-refractivity contribution in [3.8, 4) is 0 Å². The van der Waals surface area contributed by atoms with Gasteiger partial charge >= 0.3 is 12.2 Å². The lowest BCUT2D eigenvalue weighted by molar-refractivity contribution is -0.198. The number of hydrogen-bond donors (Lipinski definition) is 2. The highest BCUT2D eigenvalue weighted by Gasteiger charge is 2.68. The van der Waals surface area contributed by atoms with E-state index in [1.54, 1.807) is 5.32 Å². The maximum atomic E-state index is 14.0. The number of nitrogens with one attached hydrogen (secondary N) is 2. The summed E-state index contributed by atoms with van der Waals surface area (Å²) < 4.78 is 42.0. The van der Waals surface area contributed by atoms with Gasteiger partial charge in [-0.15, -0.1) is 0 Å². The van der Waals surface area contributed by atoms with Gasteiger partial charge in [-0.2, -0.15) is 13.2 Å². The molecule has 0 saturated carbocycles. The fourth-order valence-corrected chi connectivity index (χ4v) is 4.25. The highest BCUT2D eigenvalue weighted by molar-refractivity contribution is 6.10. The van der Waals surface area contributed by atoms with Crippen LogP contribution in [-0.4, -0.2) is 35.5 Å². The van der Waals surface area contributed by atoms with E-state index < -0.39 is 41.7 Å². The van der Waals surface area contributed by atoms with Crippen molar-refractivity contribution in [3.05, 3.63) is 71.3 Å². The molecule has 2 N–H and O–H groups in total. The second-order valence-electron chi connectivity index (χ2n) is 7.65. The average molecular weight is 431 g/mol. The van der Waals surface area contributed by atoms with Crippen LogP contribution < -0.4 is 10.6 Å². The van der Waals surface area contributed by atoms with Gasteiger partial charge in [0.1, 0.15) is 6.54 Å². The molecule has 0 radical (unpaired) electrons. The fourth-order valence-electron chi connectivity index (χ4n) is 4.25. The predicted molar refractivity (Wildman–Crippen MR) is 105 cm³/mol. The summed E-state index contributed by atoms with van der Waals surface area (Å²) in [6.07, 6.45) is -2.70. The maximum Gasteiger partial charge on any atom is 0.425 e. The van der Waals surface area contributed by atoms with Crippen LogP contribution in [0, 0.1) is 0 Å². The van der Waals surface area contributed by atoms with Crippen molar-refractivity contribution >= 4 is 17.8 Å². The highest BCUT2D eigenvalue weighted by atomic mass is 19.4. The summed E-state index contributed by atoms with van der Waals surface area (Å²) in [5, 5.41) is 4.54. The molecular formula is C22H20F3N3O3. The minimum Gasteiger partial charge on any atom is -0.348 e. The number of halogens is 3. The molecule has 1 fully saturated rings. The molecular weight excluding hydrogens is 411 g/mol. The summed E-state index contributed by atoms with van der Waals surface area (Å²) in [6, 6.07) is 12.4. The van der Waals surface area contributed by atoms with Crippen LogP contribution in [0.3, 0.4) is 0 Å². The lowest BCUT2D eigenvalue weighted by atomic mass is 9.87. The van der Waals surface area contributed by atoms with Gasteiger partial charge in [0.15, 0.2) is 0 Å². The molecule has 4 amide bonds. The maximum absolute atomic E-state index is 14.0. The minimum absolute atomic E-state index is 0.320. The van der Waals surface area contributed by atoms with E-state index in [0.29, 0.717) is 11.3 Å². The summed E-state index contributed by atoms with van der Waals surface area (Å²) in [4.78, 5) is 38.1. The molecule has 0 bridgehead atoms. The van der Waals surface area contributed by atoms with E-state index in [1.165, 1.54) is 18.2 Å². The Morgan fingerprint density at radius 2 is 1.77 bits per heavy atom. The molecule has 2 aromatic rings. The lowest BCUT2D eigenvalue weighted by Gasteiger charge is -2.29. The first-order chi connectivity index (χ1) is 14.7. The van der Waals surface area contributed by atoms with E-state index in [4.69, 9.17) is 0 Å². The standard InChI is InChI=1S/C22H20F3N3O3/c23-22(24,25)21(15-9-2-1-3-10-15)19(30)28(20(31)27-21)13-18(29)26-17-12-6-8-14-7-4-5-11-16(14)17/h1-5,7,9-11,17H,6,8,12-13H2,(H,26,29)(H,27,31). The van der Waals surface area contributed by atoms with E-state index in [2.05, 4.69) is 5.32 Å². The van der Waals surface area contributed by atoms with Gasteiger partial charge in [-0.1, -0.05) is 54.6 Å². The van der Waals surface area contributed by atoms with Crippen LogP contribution in [0.1, 0.15) is 35.6 Å². The Balaban J connectivity index is 1.55. The van der Waals surface area contributed by atoms with Crippen LogP contribution in [0.2, 0.25) is 0 Å². The topological polar surface area (TPSA) is 78.5 Å². The Hall–Kier alpha value is -3.36. The summed E-state index contributed by atoms with van der Waals surface area (Å²) in [6.45, 7) is -0.798. The van der Waals surface area contributed by atoms with Crippen molar-refractivity contribution < 1.29 is 27.6 Å². The highest BCUT2D eigenvalue weighted by Crippen LogP contribution is 2.43. The molecule has 9 heteroatoms. The van der Waals surface area contributed by atoms with Crippen LogP contribution in [0.5, 0.6) is 0 Å². The van der Waals surface area contributed by atoms with Gasteiger partial charge in [0.05, 0.1) is 6.04 Å². The smallest absolute Gasteiger partial charge is 0.348 e. The Labute approximate surface area is 176 Å². The van der Waals surface area contributed by atoms with Gasteiger partial charge in [-0.3, -0.25) is 14.5 Å². The van der Waals surface area contributed by atoms with Crippen molar-refractivity contribution in [2.45, 2.75) is 37.0 Å². The molecule has 2 atom stereocenters. The van der Waals surface area contributed by atoms with Gasteiger partial charge in [0.25, 0.3) is 5.91 Å². The third-order valence-electron chi connectivity index (χ3n) is 5.74. The Bertz CT molecular complexity index is 1030. The zero-order chi connectivity index (χ0) is 22.2. The van der Waals surface area contributed by atoms with Crippen LogP contribution in [-0.2, 0) is 21.5 Å². The molecule has 0 spiro atoms. The lowest BCUT2D eigenvalue weighted by Crippen LogP contribution is -2.56. The van der Waals surface area contributed by atoms with Crippen LogP contribution in [0.25, 0.3) is 0 Å². The quantitative estimate of drug-likeness (QED) is 0.730. The molecule has 0 aromatic heterocycles. The van der Waals surface area contributed by atoms with Gasteiger partial charge < -0.3 is 10.6 Å². The van der Waals surface area contributed by atoms with Gasteiger partial charge in [-0.25, -0.2) is 4.79 Å². The van der Waals surface area contributed by atoms with Crippen molar-refractivity contribution in [2.75, 3.05) is 6.54 Å². The van der Waals surface area contributed by atoms with Crippen molar-refractivity contribution in [1.82, 2.24) is 15.5 Å². The third-order valence-corrected chi connectivity index (χ3v) is 5.74. The molecule has 6 nitrogen and oxygen atoms in total. The van der Waals surface area contributed by atoms with Crippen molar-refractivity contribution in [1.29, 1.82) is 0 Å². The average Bonchev–Trinajstić information content (AvgIpc) is 3.00. The number of alkyl halides is 3. The summed E-state index contributed by atoms with van der Waals surface area (Å²) in [5.41, 5.74) is -1.60. The molecule has 1 saturated heterocycles. The first-order valence-corrected chi connectivity index (χ1v) is 9.87. The number of imide groups is 1. The zero-order valence-electron chi connectivity index (χ0n) is 16.4. The van der Waals surface area contributed by atoms with Crippen LogP contribution in [0.15, 0.2) is 54.6 Å². The summed E-state index contributed by atoms with van der Waals surface area (Å²) in [7, 11) is 0. The molecule has 2 unspecified atom stereocenters. The van der Waals surface area contributed by atoms with E-state index in [9.17, 15) is 27.6 Å². The molecule has 1 heterocycles. The number of benzene rings is 2. The molecule has 4 rings (SSSR count). The molecule has 2 aliphatic rings. The van der Waals surface area contributed by atoms with Crippen molar-refractivity contribution in [2.24, 2.45) is 0 Å². The number of carbonyl (C=O) groups is 3. The SMILES string of the molecule is O=C(CN1C(=O)NC(c2ccccc2)(C(F)(F)F)C1=O)NC1CCCc2ccccc21. The van der Waals surface area contributed by atoms with Gasteiger partial charge in [0.2, 0.25) is 11.4 Å². The zero-order valence-corrected chi connectivity index (χ0v) is 16.4. The minimum atomic E-state index is -5.09. The van der Waals surface area contributed by atoms with Crippen molar-refractivity contribution in [3.63, 3.8) is 0 Å². The molecule has 2 aromatic carbocycles. The Morgan fingerprint density at radius 3 is 2.48 bits per heavy atom. The van der Waals surface area contributed by atoms with E-state index in [1.807, 2.05) is 24.3 Å². The van der Waals surface area contributed by atoms with Crippen LogP contribution in [0.4, 0.5) is 18.0 Å². The van der Waals surface area contributed by atoms with Crippen LogP contribution >= 0.6 is 0 Å². The largest absolute Gasteiger partial charge is 0.425 e. The number of aryl methyl sites for hydroxylation is 1. The normalized spacial score (nSPS) is 23.3. The number of rotatable bonds is 4. The Kier molecular flexibility index (Phi) is 5.20. The van der Waals surface area contributed by atoms with Gasteiger partial charge in [0, 0.05) is 0 Å². The molecule has 31 heavy (non-hydrogen) atoms. The monoisotopic (exact) mass is 431 g/mol. The Morgan fingerprint density at radius 1 is 1.10 bits per heavy atom. The number of carbonyl (C=O) groups excluding carboxylic acids is 3. The second-order valence-corrected chi connectivity index (χ2v) is 7.65. The first kappa shape index (κ1) is 20.9. The number of nitrogens with zero attached hydrogens (tertiary/aromatic N) is 1. The third kappa shape index (κ3) is 3.54. The van der Waals surface area contributed by atoms with E-state index in [0.717, 1.165) is 36.1 Å². The van der Waals surface area contributed by atoms with E-state index in [-0.39, 0.29) is 6.04 Å². The second kappa shape index (κ2) is 7.72. The first-order valence-electron chi connectivity index (χ1n) is 9.87. The van der Waals surface area contributed by atoms with E-state index >= 15 is 0 Å². The number of amides is 4. The number of urea groups is 1. The predicted octanol–water partition coefficient (Wildman–Crippen LogP) is 3.19. The van der Waals surface area contributed by atoms with Gasteiger partial charge in [-0.05, 0) is 36.0 Å². The molecule has 1 aliphatic heterocycles. The number of hydrogen-bond acceptors (Lipinski definition) is 3. The number of fused-ring (bicyclic) bond motifs is 1. The molecule has 1 aliphatic carbocycles.